The number of nitrogens with zero attached hydrogens (tertiary/aromatic N) is 1. The lowest BCUT2D eigenvalue weighted by Gasteiger charge is -2.59. The molecule has 2 bridgehead atoms. The van der Waals surface area contributed by atoms with Crippen LogP contribution in [0, 0.1) is 5.92 Å². The number of likely N-dealkylation sites (N-methyl/N-ethyl adjacent to an activating group) is 1. The molecule has 2 heterocycles. The van der Waals surface area contributed by atoms with Gasteiger partial charge in [-0.3, -0.25) is 0 Å². The normalized spacial score (nSPS) is 42.2. The highest BCUT2D eigenvalue weighted by Crippen LogP contribution is 2.63. The number of quaternary nitrogens is 1. The molecule has 1 spiro atoms. The molecule has 1 saturated heterocycles. The lowest BCUT2D eigenvalue weighted by Crippen LogP contribution is -3.00. The largest absolute Gasteiger partial charge is 1.00 e. The molecule has 0 radical (unpaired) electrons. The molecule has 5 rings (SSSR count). The van der Waals surface area contributed by atoms with E-state index in [1.807, 2.05) is 12.1 Å². The Balaban J connectivity index is 0.00000157. The maximum Gasteiger partial charge on any atom is 0.165 e. The Morgan fingerprint density at radius 1 is 1.40 bits per heavy atom. The van der Waals surface area contributed by atoms with Crippen LogP contribution < -0.4 is 21.9 Å². The monoisotopic (exact) mass is 383 g/mol. The number of ether oxygens (including phenoxy) is 2. The van der Waals surface area contributed by atoms with Crippen molar-refractivity contribution >= 4 is 11.6 Å². The van der Waals surface area contributed by atoms with Crippen molar-refractivity contribution in [3.63, 3.8) is 0 Å². The fourth-order valence-electron chi connectivity index (χ4n) is 5.79. The van der Waals surface area contributed by atoms with E-state index in [4.69, 9.17) is 21.1 Å². The number of likely N-dealkylation sites (tertiary alicyclic amines) is 1. The highest BCUT2D eigenvalue weighted by atomic mass is 35.5. The highest BCUT2D eigenvalue weighted by Gasteiger charge is 2.67. The summed E-state index contributed by atoms with van der Waals surface area (Å²) in [5, 5.41) is 10.7. The number of alkyl halides is 1. The number of piperidine rings is 1. The van der Waals surface area contributed by atoms with Gasteiger partial charge in [0.15, 0.2) is 17.5 Å². The van der Waals surface area contributed by atoms with E-state index in [0.29, 0.717) is 18.0 Å². The van der Waals surface area contributed by atoms with Crippen molar-refractivity contribution in [1.82, 2.24) is 0 Å². The zero-order valence-corrected chi connectivity index (χ0v) is 15.9. The first-order valence-corrected chi connectivity index (χ1v) is 9.22. The van der Waals surface area contributed by atoms with Gasteiger partial charge in [0.05, 0.1) is 26.1 Å². The molecule has 25 heavy (non-hydrogen) atoms. The van der Waals surface area contributed by atoms with Crippen LogP contribution in [0.5, 0.6) is 11.5 Å². The van der Waals surface area contributed by atoms with E-state index in [9.17, 15) is 5.11 Å². The maximum absolute atomic E-state index is 10.7. The number of benzene rings is 1. The third-order valence-electron chi connectivity index (χ3n) is 7.02. The third-order valence-corrected chi connectivity index (χ3v) is 7.57. The summed E-state index contributed by atoms with van der Waals surface area (Å²) >= 11 is 6.40. The molecule has 4 aliphatic rings. The molecule has 136 valence electrons. The maximum atomic E-state index is 10.7. The van der Waals surface area contributed by atoms with Gasteiger partial charge in [-0.05, 0) is 11.6 Å². The number of rotatable bonds is 2. The molecule has 4 nitrogen and oxygen atoms in total. The molecule has 6 heteroatoms. The molecule has 1 aromatic rings. The van der Waals surface area contributed by atoms with Crippen molar-refractivity contribution in [3.05, 3.63) is 35.4 Å². The second-order valence-corrected chi connectivity index (χ2v) is 8.19. The minimum atomic E-state index is -0.571. The van der Waals surface area contributed by atoms with Gasteiger partial charge in [0.2, 0.25) is 0 Å². The molecular formula is C19H23Cl2NO3. The van der Waals surface area contributed by atoms with Crippen molar-refractivity contribution in [2.45, 2.75) is 36.5 Å². The summed E-state index contributed by atoms with van der Waals surface area (Å²) in [4.78, 5) is 0. The zero-order valence-electron chi connectivity index (χ0n) is 14.4. The molecule has 1 aromatic carbocycles. The van der Waals surface area contributed by atoms with Gasteiger partial charge in [0.25, 0.3) is 0 Å². The SMILES string of the molecule is COc1ccc2c3c1O[C@H]1[C@@H](O)C=C[C@H]4[C@@H](C2)[N+](C)(CCl)CC[C@@]341.[Cl-]. The van der Waals surface area contributed by atoms with Gasteiger partial charge in [0.1, 0.15) is 18.2 Å². The molecule has 0 amide bonds. The second-order valence-electron chi connectivity index (χ2n) is 7.96. The van der Waals surface area contributed by atoms with E-state index >= 15 is 0 Å². The third kappa shape index (κ3) is 1.92. The summed E-state index contributed by atoms with van der Waals surface area (Å²) in [7, 11) is 3.95. The predicted molar refractivity (Wildman–Crippen MR) is 91.6 cm³/mol. The zero-order chi connectivity index (χ0) is 16.7. The standard InChI is InChI=1S/C19H23ClNO3.ClH/c1-21(10-20)8-7-19-12-4-5-14(22)18(19)24-17-15(23-2)6-3-11(16(17)19)9-13(12)21;/h3-6,12-14,18,22H,7-10H2,1-2H3;1H/q+1;/p-1/t12-,13+,14-,18-,19-,21?;/m0./s1. The first kappa shape index (κ1) is 17.5. The summed E-state index contributed by atoms with van der Waals surface area (Å²) in [6, 6.07) is 5.24. The van der Waals surface area contributed by atoms with E-state index in [2.05, 4.69) is 19.2 Å². The van der Waals surface area contributed by atoms with Crippen LogP contribution in [0.1, 0.15) is 17.5 Å². The first-order chi connectivity index (χ1) is 11.5. The molecule has 1 fully saturated rings. The molecule has 1 unspecified atom stereocenters. The Morgan fingerprint density at radius 3 is 2.92 bits per heavy atom. The van der Waals surface area contributed by atoms with Gasteiger partial charge < -0.3 is 31.5 Å². The Kier molecular flexibility index (Phi) is 3.86. The van der Waals surface area contributed by atoms with E-state index in [0.717, 1.165) is 35.4 Å². The number of aliphatic hydroxyl groups is 1. The van der Waals surface area contributed by atoms with E-state index in [1.54, 1.807) is 7.11 Å². The van der Waals surface area contributed by atoms with Crippen LogP contribution in [-0.4, -0.2) is 54.5 Å². The predicted octanol–water partition coefficient (Wildman–Crippen LogP) is -0.784. The average Bonchev–Trinajstić information content (AvgIpc) is 2.95. The first-order valence-electron chi connectivity index (χ1n) is 8.69. The van der Waals surface area contributed by atoms with Crippen molar-refractivity contribution < 1.29 is 31.5 Å². The lowest BCUT2D eigenvalue weighted by molar-refractivity contribution is -0.934. The highest BCUT2D eigenvalue weighted by molar-refractivity contribution is 6.17. The molecule has 0 aromatic heterocycles. The molecular weight excluding hydrogens is 361 g/mol. The van der Waals surface area contributed by atoms with Gasteiger partial charge in [-0.1, -0.05) is 29.8 Å². The summed E-state index contributed by atoms with van der Waals surface area (Å²) in [6.45, 7) is 1.02. The minimum absolute atomic E-state index is 0. The van der Waals surface area contributed by atoms with Crippen LogP contribution in [0.25, 0.3) is 0 Å². The Bertz CT molecular complexity index is 754. The van der Waals surface area contributed by atoms with Gasteiger partial charge in [-0.2, -0.15) is 0 Å². The number of methoxy groups -OCH3 is 1. The fourth-order valence-corrected chi connectivity index (χ4v) is 6.09. The van der Waals surface area contributed by atoms with Crippen LogP contribution in [0.2, 0.25) is 0 Å². The summed E-state index contributed by atoms with van der Waals surface area (Å²) in [6.07, 6.45) is 5.35. The number of hydrogen-bond donors (Lipinski definition) is 1. The van der Waals surface area contributed by atoms with Gasteiger partial charge in [-0.25, -0.2) is 0 Å². The topological polar surface area (TPSA) is 38.7 Å². The minimum Gasteiger partial charge on any atom is -1.00 e. The van der Waals surface area contributed by atoms with Crippen molar-refractivity contribution in [3.8, 4) is 11.5 Å². The quantitative estimate of drug-likeness (QED) is 0.315. The van der Waals surface area contributed by atoms with Crippen LogP contribution in [-0.2, 0) is 11.8 Å². The summed E-state index contributed by atoms with van der Waals surface area (Å²) in [5.41, 5.74) is 2.49. The number of aliphatic hydroxyl groups excluding tert-OH is 1. The molecule has 1 N–H and O–H groups in total. The van der Waals surface area contributed by atoms with Crippen LogP contribution >= 0.6 is 11.6 Å². The van der Waals surface area contributed by atoms with E-state index in [1.165, 1.54) is 11.1 Å². The van der Waals surface area contributed by atoms with Gasteiger partial charge in [-0.15, -0.1) is 0 Å². The van der Waals surface area contributed by atoms with Crippen molar-refractivity contribution in [2.75, 3.05) is 26.7 Å². The van der Waals surface area contributed by atoms with Crippen molar-refractivity contribution in [1.29, 1.82) is 0 Å². The van der Waals surface area contributed by atoms with Gasteiger partial charge >= 0.3 is 0 Å². The molecule has 6 atom stereocenters. The molecule has 2 aliphatic carbocycles. The lowest BCUT2D eigenvalue weighted by atomic mass is 9.53. The molecule has 2 aliphatic heterocycles. The Morgan fingerprint density at radius 2 is 2.20 bits per heavy atom. The number of halogens is 2. The van der Waals surface area contributed by atoms with Crippen LogP contribution in [0.15, 0.2) is 24.3 Å². The summed E-state index contributed by atoms with van der Waals surface area (Å²) < 4.78 is 12.8. The number of hydrogen-bond acceptors (Lipinski definition) is 3. The van der Waals surface area contributed by atoms with E-state index in [-0.39, 0.29) is 23.9 Å². The van der Waals surface area contributed by atoms with Crippen LogP contribution in [0.3, 0.4) is 0 Å². The Labute approximate surface area is 159 Å². The average molecular weight is 384 g/mol. The van der Waals surface area contributed by atoms with Gasteiger partial charge in [0, 0.05) is 24.3 Å². The smallest absolute Gasteiger partial charge is 0.165 e. The van der Waals surface area contributed by atoms with E-state index < -0.39 is 6.10 Å². The summed E-state index contributed by atoms with van der Waals surface area (Å²) in [5.74, 6) is 1.99. The second kappa shape index (κ2) is 5.53. The molecule has 0 saturated carbocycles. The fraction of sp³-hybridized carbons (Fsp3) is 0.579. The Hall–Kier alpha value is -0.940. The van der Waals surface area contributed by atoms with Crippen molar-refractivity contribution in [2.24, 2.45) is 5.92 Å². The van der Waals surface area contributed by atoms with Crippen LogP contribution in [0.4, 0.5) is 0 Å².